The highest BCUT2D eigenvalue weighted by Gasteiger charge is 2.23. The number of nitrogens with two attached hydrogens (primary N) is 1. The van der Waals surface area contributed by atoms with Gasteiger partial charge in [-0.1, -0.05) is 12.2 Å². The van der Waals surface area contributed by atoms with Gasteiger partial charge in [0.25, 0.3) is 0 Å². The summed E-state index contributed by atoms with van der Waals surface area (Å²) in [5, 5.41) is 0. The summed E-state index contributed by atoms with van der Waals surface area (Å²) in [5.74, 6) is 0.864. The van der Waals surface area contributed by atoms with Gasteiger partial charge in [-0.2, -0.15) is 0 Å². The lowest BCUT2D eigenvalue weighted by atomic mass is 9.96. The molecule has 1 aliphatic rings. The molecule has 0 saturated carbocycles. The number of rotatable bonds is 4. The molecule has 2 atom stereocenters. The van der Waals surface area contributed by atoms with Crippen LogP contribution in [0, 0.1) is 5.92 Å². The van der Waals surface area contributed by atoms with Crippen LogP contribution < -0.4 is 10.5 Å². The number of ketones is 1. The van der Waals surface area contributed by atoms with Gasteiger partial charge in [0.15, 0.2) is 5.78 Å². The number of ether oxygens (including phenoxy) is 1. The standard InChI is InChI=1S/C14H17NO2/c1-2-17-13-7-4-10(5-8-13)14(16)11-3-6-12(15)9-11/h3-8,11-12H,2,9,15H2,1H3. The molecule has 0 radical (unpaired) electrons. The van der Waals surface area contributed by atoms with Crippen molar-refractivity contribution in [3.63, 3.8) is 0 Å². The first-order valence-corrected chi connectivity index (χ1v) is 5.91. The molecule has 3 nitrogen and oxygen atoms in total. The molecule has 0 spiro atoms. The molecular weight excluding hydrogens is 214 g/mol. The Kier molecular flexibility index (Phi) is 3.59. The molecule has 2 unspecified atom stereocenters. The average Bonchev–Trinajstić information content (AvgIpc) is 2.76. The molecule has 0 heterocycles. The Hall–Kier alpha value is -1.61. The van der Waals surface area contributed by atoms with Gasteiger partial charge < -0.3 is 10.5 Å². The number of allylic oxidation sites excluding steroid dienone is 1. The lowest BCUT2D eigenvalue weighted by Gasteiger charge is -2.09. The van der Waals surface area contributed by atoms with E-state index in [4.69, 9.17) is 10.5 Å². The van der Waals surface area contributed by atoms with Gasteiger partial charge in [-0.05, 0) is 37.6 Å². The molecule has 0 bridgehead atoms. The first-order valence-electron chi connectivity index (χ1n) is 5.91. The van der Waals surface area contributed by atoms with E-state index < -0.39 is 0 Å². The summed E-state index contributed by atoms with van der Waals surface area (Å²) in [7, 11) is 0. The second-order valence-corrected chi connectivity index (χ2v) is 4.21. The lowest BCUT2D eigenvalue weighted by Crippen LogP contribution is -2.19. The second-order valence-electron chi connectivity index (χ2n) is 4.21. The number of Topliss-reactive ketones (excluding diaryl/α,β-unsaturated/α-hetero) is 1. The zero-order chi connectivity index (χ0) is 12.3. The van der Waals surface area contributed by atoms with Crippen molar-refractivity contribution in [2.45, 2.75) is 19.4 Å². The van der Waals surface area contributed by atoms with Crippen molar-refractivity contribution >= 4 is 5.78 Å². The van der Waals surface area contributed by atoms with Crippen molar-refractivity contribution in [2.75, 3.05) is 6.61 Å². The summed E-state index contributed by atoms with van der Waals surface area (Å²) in [4.78, 5) is 12.1. The predicted molar refractivity (Wildman–Crippen MR) is 67.2 cm³/mol. The van der Waals surface area contributed by atoms with Crippen LogP contribution in [0.5, 0.6) is 5.75 Å². The van der Waals surface area contributed by atoms with Crippen molar-refractivity contribution in [1.29, 1.82) is 0 Å². The van der Waals surface area contributed by atoms with Gasteiger partial charge >= 0.3 is 0 Å². The second kappa shape index (κ2) is 5.15. The van der Waals surface area contributed by atoms with Crippen molar-refractivity contribution in [1.82, 2.24) is 0 Å². The fourth-order valence-electron chi connectivity index (χ4n) is 2.02. The smallest absolute Gasteiger partial charge is 0.169 e. The van der Waals surface area contributed by atoms with Crippen LogP contribution in [0.1, 0.15) is 23.7 Å². The highest BCUT2D eigenvalue weighted by Crippen LogP contribution is 2.22. The number of hydrogen-bond donors (Lipinski definition) is 1. The summed E-state index contributed by atoms with van der Waals surface area (Å²) in [6.45, 7) is 2.57. The number of carbonyl (C=O) groups excluding carboxylic acids is 1. The molecular formula is C14H17NO2. The molecule has 90 valence electrons. The Balaban J connectivity index is 2.07. The van der Waals surface area contributed by atoms with E-state index in [1.54, 1.807) is 0 Å². The van der Waals surface area contributed by atoms with E-state index in [1.165, 1.54) is 0 Å². The Morgan fingerprint density at radius 2 is 2.06 bits per heavy atom. The molecule has 1 aromatic rings. The largest absolute Gasteiger partial charge is 0.494 e. The lowest BCUT2D eigenvalue weighted by molar-refractivity contribution is 0.0943. The number of benzene rings is 1. The summed E-state index contributed by atoms with van der Waals surface area (Å²) in [6.07, 6.45) is 4.52. The van der Waals surface area contributed by atoms with Crippen LogP contribution >= 0.6 is 0 Å². The fourth-order valence-corrected chi connectivity index (χ4v) is 2.02. The van der Waals surface area contributed by atoms with Crippen LogP contribution in [0.25, 0.3) is 0 Å². The van der Waals surface area contributed by atoms with E-state index in [1.807, 2.05) is 43.3 Å². The van der Waals surface area contributed by atoms with Crippen molar-refractivity contribution in [2.24, 2.45) is 11.7 Å². The minimum absolute atomic E-state index is 0.0200. The zero-order valence-corrected chi connectivity index (χ0v) is 9.93. The van der Waals surface area contributed by atoms with E-state index >= 15 is 0 Å². The normalized spacial score (nSPS) is 22.7. The number of carbonyl (C=O) groups is 1. The number of hydrogen-bond acceptors (Lipinski definition) is 3. The molecule has 0 aliphatic heterocycles. The average molecular weight is 231 g/mol. The molecule has 3 heteroatoms. The molecule has 0 fully saturated rings. The fraction of sp³-hybridized carbons (Fsp3) is 0.357. The van der Waals surface area contributed by atoms with E-state index in [0.29, 0.717) is 13.0 Å². The van der Waals surface area contributed by atoms with Gasteiger partial charge in [-0.3, -0.25) is 4.79 Å². The third-order valence-corrected chi connectivity index (χ3v) is 2.90. The van der Waals surface area contributed by atoms with Gasteiger partial charge in [-0.15, -0.1) is 0 Å². The molecule has 1 aliphatic carbocycles. The topological polar surface area (TPSA) is 52.3 Å². The van der Waals surface area contributed by atoms with Crippen LogP contribution in [0.15, 0.2) is 36.4 Å². The minimum Gasteiger partial charge on any atom is -0.494 e. The maximum absolute atomic E-state index is 12.1. The van der Waals surface area contributed by atoms with E-state index in [0.717, 1.165) is 11.3 Å². The Morgan fingerprint density at radius 3 is 2.59 bits per heavy atom. The molecule has 2 N–H and O–H groups in total. The molecule has 0 saturated heterocycles. The van der Waals surface area contributed by atoms with Gasteiger partial charge in [0.05, 0.1) is 6.61 Å². The van der Waals surface area contributed by atoms with E-state index in [2.05, 4.69) is 0 Å². The quantitative estimate of drug-likeness (QED) is 0.638. The Morgan fingerprint density at radius 1 is 1.35 bits per heavy atom. The molecule has 17 heavy (non-hydrogen) atoms. The third kappa shape index (κ3) is 2.74. The van der Waals surface area contributed by atoms with E-state index in [9.17, 15) is 4.79 Å². The third-order valence-electron chi connectivity index (χ3n) is 2.90. The molecule has 1 aromatic carbocycles. The monoisotopic (exact) mass is 231 g/mol. The summed E-state index contributed by atoms with van der Waals surface area (Å²) < 4.78 is 5.34. The van der Waals surface area contributed by atoms with Crippen molar-refractivity contribution in [3.05, 3.63) is 42.0 Å². The van der Waals surface area contributed by atoms with Crippen LogP contribution in [-0.4, -0.2) is 18.4 Å². The van der Waals surface area contributed by atoms with Crippen LogP contribution in [0.2, 0.25) is 0 Å². The van der Waals surface area contributed by atoms with Crippen molar-refractivity contribution in [3.8, 4) is 5.75 Å². The van der Waals surface area contributed by atoms with Gasteiger partial charge in [0.2, 0.25) is 0 Å². The van der Waals surface area contributed by atoms with Crippen molar-refractivity contribution < 1.29 is 9.53 Å². The predicted octanol–water partition coefficient (Wildman–Crippen LogP) is 2.17. The maximum Gasteiger partial charge on any atom is 0.169 e. The summed E-state index contributed by atoms with van der Waals surface area (Å²) >= 11 is 0. The SMILES string of the molecule is CCOc1ccc(C(=O)C2C=CC(N)C2)cc1. The zero-order valence-electron chi connectivity index (χ0n) is 9.93. The summed E-state index contributed by atoms with van der Waals surface area (Å²) in [5.41, 5.74) is 6.47. The molecule has 0 amide bonds. The Labute approximate surface area is 101 Å². The maximum atomic E-state index is 12.1. The van der Waals surface area contributed by atoms with E-state index in [-0.39, 0.29) is 17.7 Å². The molecule has 2 rings (SSSR count). The molecule has 0 aromatic heterocycles. The minimum atomic E-state index is -0.0667. The van der Waals surface area contributed by atoms with Crippen LogP contribution in [-0.2, 0) is 0 Å². The Bertz CT molecular complexity index is 422. The van der Waals surface area contributed by atoms with Gasteiger partial charge in [-0.25, -0.2) is 0 Å². The van der Waals surface area contributed by atoms with Crippen LogP contribution in [0.4, 0.5) is 0 Å². The highest BCUT2D eigenvalue weighted by molar-refractivity contribution is 5.99. The summed E-state index contributed by atoms with van der Waals surface area (Å²) in [6, 6.07) is 7.30. The van der Waals surface area contributed by atoms with Gasteiger partial charge in [0, 0.05) is 17.5 Å². The first kappa shape index (κ1) is 11.9. The highest BCUT2D eigenvalue weighted by atomic mass is 16.5. The van der Waals surface area contributed by atoms with Crippen LogP contribution in [0.3, 0.4) is 0 Å². The first-order chi connectivity index (χ1) is 8.20. The van der Waals surface area contributed by atoms with Gasteiger partial charge in [0.1, 0.15) is 5.75 Å².